The van der Waals surface area contributed by atoms with Crippen molar-refractivity contribution in [3.05, 3.63) is 47.8 Å². The van der Waals surface area contributed by atoms with Crippen molar-refractivity contribution in [2.75, 3.05) is 36.0 Å². The third-order valence-corrected chi connectivity index (χ3v) is 6.42. The second kappa shape index (κ2) is 8.91. The van der Waals surface area contributed by atoms with Gasteiger partial charge in [-0.2, -0.15) is 0 Å². The zero-order valence-electron chi connectivity index (χ0n) is 16.9. The molecule has 0 amide bonds. The Balaban J connectivity index is 1.31. The molecule has 2 aromatic rings. The maximum absolute atomic E-state index is 9.60. The number of aromatic nitrogens is 2. The number of anilines is 2. The first-order valence-electron chi connectivity index (χ1n) is 10.7. The maximum atomic E-state index is 9.60. The second-order valence-electron chi connectivity index (χ2n) is 8.36. The van der Waals surface area contributed by atoms with E-state index < -0.39 is 0 Å². The van der Waals surface area contributed by atoms with Gasteiger partial charge in [0.05, 0.1) is 12.6 Å². The van der Waals surface area contributed by atoms with Crippen LogP contribution in [0.2, 0.25) is 0 Å². The molecule has 0 aliphatic carbocycles. The van der Waals surface area contributed by atoms with Gasteiger partial charge in [0.2, 0.25) is 0 Å². The van der Waals surface area contributed by atoms with Crippen LogP contribution < -0.4 is 9.80 Å². The molecule has 0 radical (unpaired) electrons. The van der Waals surface area contributed by atoms with E-state index in [2.05, 4.69) is 57.0 Å². The molecule has 28 heavy (non-hydrogen) atoms. The lowest BCUT2D eigenvalue weighted by Gasteiger charge is -2.33. The lowest BCUT2D eigenvalue weighted by atomic mass is 9.90. The first-order chi connectivity index (χ1) is 13.7. The van der Waals surface area contributed by atoms with Crippen LogP contribution in [0, 0.1) is 12.8 Å². The summed E-state index contributed by atoms with van der Waals surface area (Å²) in [6, 6.07) is 11.3. The highest BCUT2D eigenvalue weighted by molar-refractivity contribution is 5.51. The molecule has 1 N–H and O–H groups in total. The summed E-state index contributed by atoms with van der Waals surface area (Å²) in [7, 11) is 0. The van der Waals surface area contributed by atoms with E-state index in [1.165, 1.54) is 36.8 Å². The molecule has 1 aromatic heterocycles. The van der Waals surface area contributed by atoms with E-state index in [4.69, 9.17) is 0 Å². The number of nitrogens with zero attached hydrogens (tertiary/aromatic N) is 4. The highest BCUT2D eigenvalue weighted by Crippen LogP contribution is 2.29. The van der Waals surface area contributed by atoms with Crippen LogP contribution in [-0.2, 0) is 6.42 Å². The molecule has 150 valence electrons. The Morgan fingerprint density at radius 3 is 2.50 bits per heavy atom. The topological polar surface area (TPSA) is 52.5 Å². The monoisotopic (exact) mass is 380 g/mol. The quantitative estimate of drug-likeness (QED) is 0.830. The van der Waals surface area contributed by atoms with Crippen molar-refractivity contribution >= 4 is 11.6 Å². The number of rotatable bonds is 6. The molecule has 0 unspecified atom stereocenters. The number of benzene rings is 1. The minimum absolute atomic E-state index is 0.200. The Morgan fingerprint density at radius 1 is 1.00 bits per heavy atom. The van der Waals surface area contributed by atoms with E-state index in [9.17, 15) is 5.11 Å². The molecular formula is C23H32N4O. The van der Waals surface area contributed by atoms with Gasteiger partial charge in [0.15, 0.2) is 0 Å². The average Bonchev–Trinajstić information content (AvgIpc) is 3.23. The predicted molar refractivity (Wildman–Crippen MR) is 114 cm³/mol. The van der Waals surface area contributed by atoms with Gasteiger partial charge in [-0.15, -0.1) is 0 Å². The number of hydrogen-bond donors (Lipinski definition) is 1. The van der Waals surface area contributed by atoms with Gasteiger partial charge >= 0.3 is 0 Å². The second-order valence-corrected chi connectivity index (χ2v) is 8.36. The molecule has 2 aliphatic heterocycles. The maximum Gasteiger partial charge on any atom is 0.134 e. The van der Waals surface area contributed by atoms with Crippen LogP contribution in [0.25, 0.3) is 0 Å². The lowest BCUT2D eigenvalue weighted by molar-refractivity contribution is 0.266. The summed E-state index contributed by atoms with van der Waals surface area (Å²) in [5.41, 5.74) is 2.79. The zero-order chi connectivity index (χ0) is 19.3. The standard InChI is InChI=1S/C23H32N4O/c1-18-4-6-19(7-5-18)8-9-20-10-13-26(14-11-20)22-15-23(25-17-24-22)27-12-2-3-21(27)16-28/h4-7,15,17,20-21,28H,2-3,8-14,16H2,1H3/t21-/m0/s1. The Labute approximate surface area is 168 Å². The molecule has 0 saturated carbocycles. The Morgan fingerprint density at radius 2 is 1.75 bits per heavy atom. The van der Waals surface area contributed by atoms with Crippen molar-refractivity contribution in [3.8, 4) is 0 Å². The van der Waals surface area contributed by atoms with Gasteiger partial charge < -0.3 is 14.9 Å². The van der Waals surface area contributed by atoms with Crippen molar-refractivity contribution in [2.24, 2.45) is 5.92 Å². The highest BCUT2D eigenvalue weighted by Gasteiger charge is 2.26. The third-order valence-electron chi connectivity index (χ3n) is 6.42. The van der Waals surface area contributed by atoms with Gasteiger partial charge in [0.25, 0.3) is 0 Å². The first kappa shape index (κ1) is 19.2. The molecule has 2 fully saturated rings. The van der Waals surface area contributed by atoms with Crippen molar-refractivity contribution in [2.45, 2.75) is 51.5 Å². The summed E-state index contributed by atoms with van der Waals surface area (Å²) in [4.78, 5) is 13.6. The Bertz CT molecular complexity index is 755. The lowest BCUT2D eigenvalue weighted by Crippen LogP contribution is -2.35. The van der Waals surface area contributed by atoms with Crippen molar-refractivity contribution in [3.63, 3.8) is 0 Å². The van der Waals surface area contributed by atoms with Crippen molar-refractivity contribution in [1.29, 1.82) is 0 Å². The van der Waals surface area contributed by atoms with Gasteiger partial charge in [-0.3, -0.25) is 0 Å². The molecule has 2 saturated heterocycles. The minimum Gasteiger partial charge on any atom is -0.394 e. The number of aliphatic hydroxyl groups excluding tert-OH is 1. The van der Waals surface area contributed by atoms with Crippen LogP contribution in [0.1, 0.15) is 43.2 Å². The van der Waals surface area contributed by atoms with Crippen LogP contribution in [0.3, 0.4) is 0 Å². The highest BCUT2D eigenvalue weighted by atomic mass is 16.3. The molecule has 1 aromatic carbocycles. The van der Waals surface area contributed by atoms with Crippen LogP contribution in [0.4, 0.5) is 11.6 Å². The van der Waals surface area contributed by atoms with E-state index in [0.29, 0.717) is 0 Å². The molecule has 5 nitrogen and oxygen atoms in total. The van der Waals surface area contributed by atoms with Crippen molar-refractivity contribution < 1.29 is 5.11 Å². The first-order valence-corrected chi connectivity index (χ1v) is 10.7. The molecule has 0 bridgehead atoms. The van der Waals surface area contributed by atoms with Crippen LogP contribution in [0.15, 0.2) is 36.7 Å². The fourth-order valence-electron chi connectivity index (χ4n) is 4.57. The van der Waals surface area contributed by atoms with Crippen LogP contribution in [-0.4, -0.2) is 47.4 Å². The smallest absolute Gasteiger partial charge is 0.134 e. The fraction of sp³-hybridized carbons (Fsp3) is 0.565. The van der Waals surface area contributed by atoms with E-state index in [1.807, 2.05) is 0 Å². The Hall–Kier alpha value is -2.14. The molecular weight excluding hydrogens is 348 g/mol. The van der Waals surface area contributed by atoms with E-state index in [-0.39, 0.29) is 12.6 Å². The molecule has 5 heteroatoms. The van der Waals surface area contributed by atoms with E-state index >= 15 is 0 Å². The number of aryl methyl sites for hydroxylation is 2. The summed E-state index contributed by atoms with van der Waals surface area (Å²) in [6.07, 6.45) is 8.76. The van der Waals surface area contributed by atoms with Crippen LogP contribution in [0.5, 0.6) is 0 Å². The number of piperidine rings is 1. The number of hydrogen-bond acceptors (Lipinski definition) is 5. The van der Waals surface area contributed by atoms with Gasteiger partial charge in [-0.25, -0.2) is 9.97 Å². The summed E-state index contributed by atoms with van der Waals surface area (Å²) < 4.78 is 0. The van der Waals surface area contributed by atoms with E-state index in [0.717, 1.165) is 50.0 Å². The third kappa shape index (κ3) is 4.46. The zero-order valence-corrected chi connectivity index (χ0v) is 16.9. The summed E-state index contributed by atoms with van der Waals surface area (Å²) >= 11 is 0. The van der Waals surface area contributed by atoms with Gasteiger partial charge in [0.1, 0.15) is 18.0 Å². The summed E-state index contributed by atoms with van der Waals surface area (Å²) in [6.45, 7) is 5.46. The number of aliphatic hydroxyl groups is 1. The van der Waals surface area contributed by atoms with Crippen LogP contribution >= 0.6 is 0 Å². The minimum atomic E-state index is 0.200. The molecule has 4 rings (SSSR count). The summed E-state index contributed by atoms with van der Waals surface area (Å²) in [5, 5.41) is 9.60. The predicted octanol–water partition coefficient (Wildman–Crippen LogP) is 3.60. The molecule has 0 spiro atoms. The Kier molecular flexibility index (Phi) is 6.10. The SMILES string of the molecule is Cc1ccc(CCC2CCN(c3cc(N4CCC[C@H]4CO)ncn3)CC2)cc1. The summed E-state index contributed by atoms with van der Waals surface area (Å²) in [5.74, 6) is 2.80. The van der Waals surface area contributed by atoms with E-state index in [1.54, 1.807) is 6.33 Å². The average molecular weight is 381 g/mol. The normalized spacial score (nSPS) is 20.7. The van der Waals surface area contributed by atoms with Gasteiger partial charge in [-0.1, -0.05) is 29.8 Å². The molecule has 1 atom stereocenters. The molecule has 3 heterocycles. The molecule has 2 aliphatic rings. The largest absolute Gasteiger partial charge is 0.394 e. The van der Waals surface area contributed by atoms with Gasteiger partial charge in [-0.05, 0) is 56.9 Å². The fourth-order valence-corrected chi connectivity index (χ4v) is 4.57. The van der Waals surface area contributed by atoms with Crippen molar-refractivity contribution in [1.82, 2.24) is 9.97 Å². The van der Waals surface area contributed by atoms with Gasteiger partial charge in [0, 0.05) is 25.7 Å².